The van der Waals surface area contributed by atoms with E-state index in [1.807, 2.05) is 24.3 Å². The minimum atomic E-state index is -0.160. The molecule has 8 rings (SSSR count). The van der Waals surface area contributed by atoms with Crippen LogP contribution in [0.2, 0.25) is 0 Å². The highest BCUT2D eigenvalue weighted by molar-refractivity contribution is 6.27. The standard InChI is InChI=1S/C37H29FN2/c38-31-13-5-7-15-35(31)40(28-11-2-1-3-12-28)34-23-19-27-16-20-29-33(22-18-26-17-21-30(34)37(27)36(26)29)39-24-8-10-25-9-4-6-14-32(25)39/h1-6,9,11-14,16-23H,7-8,10,15,24H2. The van der Waals surface area contributed by atoms with E-state index in [2.05, 4.69) is 94.7 Å². The average Bonchev–Trinajstić information content (AvgIpc) is 3.01. The van der Waals surface area contributed by atoms with Crippen LogP contribution in [0, 0.1) is 0 Å². The zero-order valence-electron chi connectivity index (χ0n) is 22.3. The van der Waals surface area contributed by atoms with Crippen LogP contribution in [-0.2, 0) is 6.42 Å². The summed E-state index contributed by atoms with van der Waals surface area (Å²) >= 11 is 0. The van der Waals surface area contributed by atoms with Crippen molar-refractivity contribution in [1.29, 1.82) is 0 Å². The van der Waals surface area contributed by atoms with Crippen molar-refractivity contribution in [2.24, 2.45) is 0 Å². The number of aryl methyl sites for hydroxylation is 1. The number of hydrogen-bond donors (Lipinski definition) is 0. The summed E-state index contributed by atoms with van der Waals surface area (Å²) in [4.78, 5) is 4.63. The summed E-state index contributed by atoms with van der Waals surface area (Å²) in [7, 11) is 0. The van der Waals surface area contributed by atoms with E-state index in [0.717, 1.165) is 42.6 Å². The van der Waals surface area contributed by atoms with Gasteiger partial charge in [-0.2, -0.15) is 0 Å². The minimum Gasteiger partial charge on any atom is -0.341 e. The Hall–Kier alpha value is -4.63. The molecule has 3 heteroatoms. The number of rotatable bonds is 4. The number of hydrogen-bond acceptors (Lipinski definition) is 2. The molecule has 0 atom stereocenters. The zero-order chi connectivity index (χ0) is 26.6. The van der Waals surface area contributed by atoms with E-state index in [0.29, 0.717) is 12.1 Å². The maximum absolute atomic E-state index is 15.4. The molecule has 0 aromatic heterocycles. The summed E-state index contributed by atoms with van der Waals surface area (Å²) in [6.07, 6.45) is 7.30. The summed E-state index contributed by atoms with van der Waals surface area (Å²) in [5.74, 6) is -0.160. The Bertz CT molecular complexity index is 1950. The molecule has 1 heterocycles. The van der Waals surface area contributed by atoms with E-state index in [9.17, 15) is 0 Å². The quantitative estimate of drug-likeness (QED) is 0.213. The first-order valence-electron chi connectivity index (χ1n) is 14.2. The van der Waals surface area contributed by atoms with Gasteiger partial charge < -0.3 is 9.80 Å². The van der Waals surface area contributed by atoms with Gasteiger partial charge in [0.25, 0.3) is 0 Å². The topological polar surface area (TPSA) is 6.48 Å². The van der Waals surface area contributed by atoms with E-state index in [-0.39, 0.29) is 5.83 Å². The number of anilines is 4. The Morgan fingerprint density at radius 3 is 2.23 bits per heavy atom. The van der Waals surface area contributed by atoms with Crippen molar-refractivity contribution in [2.45, 2.75) is 25.7 Å². The monoisotopic (exact) mass is 520 g/mol. The van der Waals surface area contributed by atoms with Gasteiger partial charge in [-0.3, -0.25) is 0 Å². The largest absolute Gasteiger partial charge is 0.341 e. The molecular weight excluding hydrogens is 491 g/mol. The molecule has 0 saturated heterocycles. The third-order valence-corrected chi connectivity index (χ3v) is 8.63. The molecule has 2 nitrogen and oxygen atoms in total. The molecule has 0 amide bonds. The van der Waals surface area contributed by atoms with Crippen molar-refractivity contribution in [3.63, 3.8) is 0 Å². The van der Waals surface area contributed by atoms with Crippen LogP contribution in [-0.4, -0.2) is 6.54 Å². The molecule has 0 spiro atoms. The third kappa shape index (κ3) is 3.54. The maximum atomic E-state index is 15.4. The van der Waals surface area contributed by atoms with Crippen molar-refractivity contribution >= 4 is 55.1 Å². The molecule has 40 heavy (non-hydrogen) atoms. The number of halogens is 1. The first-order chi connectivity index (χ1) is 19.8. The Balaban J connectivity index is 1.40. The molecule has 6 aromatic carbocycles. The van der Waals surface area contributed by atoms with Gasteiger partial charge >= 0.3 is 0 Å². The zero-order valence-corrected chi connectivity index (χ0v) is 22.3. The molecule has 6 aromatic rings. The van der Waals surface area contributed by atoms with Crippen LogP contribution in [0.5, 0.6) is 0 Å². The van der Waals surface area contributed by atoms with Crippen LogP contribution in [0.15, 0.2) is 127 Å². The van der Waals surface area contributed by atoms with E-state index in [1.54, 1.807) is 6.08 Å². The Morgan fingerprint density at radius 1 is 0.650 bits per heavy atom. The lowest BCUT2D eigenvalue weighted by Crippen LogP contribution is -2.24. The van der Waals surface area contributed by atoms with Crippen molar-refractivity contribution < 1.29 is 4.39 Å². The Morgan fingerprint density at radius 2 is 1.38 bits per heavy atom. The van der Waals surface area contributed by atoms with Crippen LogP contribution in [0.4, 0.5) is 27.1 Å². The Kier molecular flexibility index (Phi) is 5.37. The summed E-state index contributed by atoms with van der Waals surface area (Å²) in [6.45, 7) is 1.01. The van der Waals surface area contributed by atoms with Crippen molar-refractivity contribution in [3.05, 3.63) is 132 Å². The number of para-hydroxylation sites is 2. The normalized spacial score (nSPS) is 15.4. The predicted octanol–water partition coefficient (Wildman–Crippen LogP) is 10.3. The van der Waals surface area contributed by atoms with E-state index in [1.165, 1.54) is 43.9 Å². The summed E-state index contributed by atoms with van der Waals surface area (Å²) in [6, 6.07) is 36.9. The summed E-state index contributed by atoms with van der Waals surface area (Å²) < 4.78 is 15.4. The van der Waals surface area contributed by atoms with E-state index < -0.39 is 0 Å². The maximum Gasteiger partial charge on any atom is 0.142 e. The van der Waals surface area contributed by atoms with Gasteiger partial charge in [0.1, 0.15) is 5.83 Å². The van der Waals surface area contributed by atoms with Crippen molar-refractivity contribution in [3.8, 4) is 0 Å². The fraction of sp³-hybridized carbons (Fsp3) is 0.135. The first kappa shape index (κ1) is 23.3. The lowest BCUT2D eigenvalue weighted by molar-refractivity contribution is 0.631. The van der Waals surface area contributed by atoms with Crippen molar-refractivity contribution in [2.75, 3.05) is 16.3 Å². The van der Waals surface area contributed by atoms with Gasteiger partial charge in [-0.15, -0.1) is 0 Å². The smallest absolute Gasteiger partial charge is 0.142 e. The molecule has 0 fully saturated rings. The second kappa shape index (κ2) is 9.24. The lowest BCUT2D eigenvalue weighted by Gasteiger charge is -2.33. The summed E-state index contributed by atoms with van der Waals surface area (Å²) in [5, 5.41) is 7.37. The van der Waals surface area contributed by atoms with E-state index in [4.69, 9.17) is 0 Å². The molecule has 0 radical (unpaired) electrons. The van der Waals surface area contributed by atoms with Crippen LogP contribution in [0.3, 0.4) is 0 Å². The second-order valence-corrected chi connectivity index (χ2v) is 10.9. The fourth-order valence-electron chi connectivity index (χ4n) is 6.84. The highest BCUT2D eigenvalue weighted by Crippen LogP contribution is 2.46. The number of fused-ring (bicyclic) bond motifs is 1. The lowest BCUT2D eigenvalue weighted by atomic mass is 9.91. The molecular formula is C37H29FN2. The number of nitrogens with zero attached hydrogens (tertiary/aromatic N) is 2. The highest BCUT2D eigenvalue weighted by atomic mass is 19.1. The molecule has 0 bridgehead atoms. The molecule has 2 aliphatic rings. The van der Waals surface area contributed by atoms with Crippen LogP contribution in [0.1, 0.15) is 24.8 Å². The Labute approximate surface area is 233 Å². The molecule has 1 aliphatic heterocycles. The van der Waals surface area contributed by atoms with Gasteiger partial charge in [0.2, 0.25) is 0 Å². The van der Waals surface area contributed by atoms with Gasteiger partial charge in [0.15, 0.2) is 0 Å². The first-order valence-corrected chi connectivity index (χ1v) is 14.2. The van der Waals surface area contributed by atoms with Crippen LogP contribution < -0.4 is 9.80 Å². The number of allylic oxidation sites excluding steroid dienone is 4. The third-order valence-electron chi connectivity index (χ3n) is 8.63. The predicted molar refractivity (Wildman–Crippen MR) is 167 cm³/mol. The van der Waals surface area contributed by atoms with Gasteiger partial charge in [-0.25, -0.2) is 4.39 Å². The molecule has 1 aliphatic carbocycles. The SMILES string of the molecule is FC1=C(N(c2ccccc2)c2ccc3ccc4c(N5CCCc6ccccc65)ccc5ccc2c3c54)CCC=C1. The summed E-state index contributed by atoms with van der Waals surface area (Å²) in [5.41, 5.74) is 6.69. The fourth-order valence-corrected chi connectivity index (χ4v) is 6.84. The van der Waals surface area contributed by atoms with Crippen LogP contribution >= 0.6 is 0 Å². The molecule has 0 saturated carbocycles. The van der Waals surface area contributed by atoms with Gasteiger partial charge in [0, 0.05) is 34.4 Å². The van der Waals surface area contributed by atoms with Gasteiger partial charge in [-0.1, -0.05) is 78.9 Å². The van der Waals surface area contributed by atoms with Gasteiger partial charge in [-0.05, 0) is 89.2 Å². The molecule has 0 N–H and O–H groups in total. The average molecular weight is 521 g/mol. The minimum absolute atomic E-state index is 0.160. The molecule has 0 unspecified atom stereocenters. The van der Waals surface area contributed by atoms with E-state index >= 15 is 4.39 Å². The second-order valence-electron chi connectivity index (χ2n) is 10.9. The number of benzene rings is 6. The van der Waals surface area contributed by atoms with Crippen LogP contribution in [0.25, 0.3) is 32.3 Å². The van der Waals surface area contributed by atoms with Crippen molar-refractivity contribution in [1.82, 2.24) is 0 Å². The highest BCUT2D eigenvalue weighted by Gasteiger charge is 2.24. The molecule has 194 valence electrons. The van der Waals surface area contributed by atoms with Gasteiger partial charge in [0.05, 0.1) is 11.4 Å².